The van der Waals surface area contributed by atoms with Crippen LogP contribution in [0.3, 0.4) is 0 Å². The molecular weight excluding hydrogens is 504 g/mol. The number of carbonyl (C=O) groups excluding carboxylic acids is 1. The SMILES string of the molecule is COc1c(OCc2ccccc2)cc([C@H](N)C(=O)N(C)[C@@H](C)[C@@H](O)c2ccccc2)cc1OCc1ccccc1. The minimum absolute atomic E-state index is 0.294. The van der Waals surface area contributed by atoms with Crippen molar-refractivity contribution < 1.29 is 24.1 Å². The molecule has 3 atom stereocenters. The molecule has 7 heteroatoms. The summed E-state index contributed by atoms with van der Waals surface area (Å²) in [5.74, 6) is 0.887. The van der Waals surface area contributed by atoms with Crippen molar-refractivity contribution in [2.45, 2.75) is 38.3 Å². The molecule has 0 saturated carbocycles. The van der Waals surface area contributed by atoms with Crippen LogP contribution in [0.15, 0.2) is 103 Å². The van der Waals surface area contributed by atoms with E-state index in [9.17, 15) is 9.90 Å². The van der Waals surface area contributed by atoms with E-state index < -0.39 is 18.2 Å². The van der Waals surface area contributed by atoms with Gasteiger partial charge in [-0.15, -0.1) is 0 Å². The van der Waals surface area contributed by atoms with E-state index in [2.05, 4.69) is 0 Å². The number of benzene rings is 4. The second kappa shape index (κ2) is 13.6. The Hall–Kier alpha value is -4.33. The topological polar surface area (TPSA) is 94.3 Å². The van der Waals surface area contributed by atoms with E-state index in [1.807, 2.05) is 91.0 Å². The first-order valence-corrected chi connectivity index (χ1v) is 13.2. The van der Waals surface area contributed by atoms with E-state index in [1.165, 1.54) is 4.90 Å². The van der Waals surface area contributed by atoms with Crippen LogP contribution in [0.5, 0.6) is 17.2 Å². The van der Waals surface area contributed by atoms with E-state index >= 15 is 0 Å². The summed E-state index contributed by atoms with van der Waals surface area (Å²) < 4.78 is 18.0. The molecule has 0 aliphatic heterocycles. The highest BCUT2D eigenvalue weighted by atomic mass is 16.5. The van der Waals surface area contributed by atoms with Gasteiger partial charge in [-0.1, -0.05) is 91.0 Å². The molecule has 0 heterocycles. The van der Waals surface area contributed by atoms with Gasteiger partial charge in [0, 0.05) is 7.05 Å². The fourth-order valence-corrected chi connectivity index (χ4v) is 4.37. The zero-order valence-corrected chi connectivity index (χ0v) is 23.1. The van der Waals surface area contributed by atoms with Crippen molar-refractivity contribution in [3.8, 4) is 17.2 Å². The number of nitrogens with two attached hydrogens (primary N) is 1. The number of ether oxygens (including phenoxy) is 3. The van der Waals surface area contributed by atoms with Gasteiger partial charge in [0.1, 0.15) is 19.3 Å². The van der Waals surface area contributed by atoms with E-state index in [1.54, 1.807) is 33.2 Å². The minimum Gasteiger partial charge on any atom is -0.490 e. The van der Waals surface area contributed by atoms with Gasteiger partial charge in [-0.3, -0.25) is 4.79 Å². The Morgan fingerprint density at radius 3 is 1.70 bits per heavy atom. The maximum atomic E-state index is 13.5. The van der Waals surface area contributed by atoms with E-state index in [4.69, 9.17) is 19.9 Å². The highest BCUT2D eigenvalue weighted by molar-refractivity contribution is 5.83. The van der Waals surface area contributed by atoms with E-state index in [0.717, 1.165) is 16.7 Å². The molecule has 0 radical (unpaired) electrons. The third-order valence-corrected chi connectivity index (χ3v) is 6.90. The van der Waals surface area contributed by atoms with Crippen LogP contribution in [-0.4, -0.2) is 36.1 Å². The summed E-state index contributed by atoms with van der Waals surface area (Å²) in [7, 11) is 3.19. The maximum absolute atomic E-state index is 13.5. The Kier molecular flexibility index (Phi) is 9.78. The van der Waals surface area contributed by atoms with Crippen LogP contribution in [0.2, 0.25) is 0 Å². The molecule has 3 N–H and O–H groups in total. The van der Waals surface area contributed by atoms with Crippen molar-refractivity contribution in [3.05, 3.63) is 125 Å². The molecule has 0 bridgehead atoms. The summed E-state index contributed by atoms with van der Waals surface area (Å²) in [6, 6.07) is 30.6. The van der Waals surface area contributed by atoms with Gasteiger partial charge in [-0.05, 0) is 41.3 Å². The van der Waals surface area contributed by atoms with Gasteiger partial charge in [-0.25, -0.2) is 0 Å². The molecule has 1 amide bonds. The number of aliphatic hydroxyl groups is 1. The summed E-state index contributed by atoms with van der Waals surface area (Å²) in [6.07, 6.45) is -0.868. The molecule has 4 rings (SSSR count). The van der Waals surface area contributed by atoms with E-state index in [-0.39, 0.29) is 5.91 Å². The number of hydrogen-bond acceptors (Lipinski definition) is 6. The van der Waals surface area contributed by atoms with Gasteiger partial charge >= 0.3 is 0 Å². The lowest BCUT2D eigenvalue weighted by atomic mass is 10.0. The lowest BCUT2D eigenvalue weighted by molar-refractivity contribution is -0.135. The second-order valence-corrected chi connectivity index (χ2v) is 9.62. The van der Waals surface area contributed by atoms with Crippen LogP contribution < -0.4 is 19.9 Å². The van der Waals surface area contributed by atoms with Crippen molar-refractivity contribution in [2.24, 2.45) is 5.73 Å². The predicted molar refractivity (Wildman–Crippen MR) is 155 cm³/mol. The summed E-state index contributed by atoms with van der Waals surface area (Å²) in [6.45, 7) is 2.38. The van der Waals surface area contributed by atoms with Crippen molar-refractivity contribution in [2.75, 3.05) is 14.2 Å². The first kappa shape index (κ1) is 28.7. The van der Waals surface area contributed by atoms with Crippen molar-refractivity contribution in [3.63, 3.8) is 0 Å². The number of likely N-dealkylation sites (N-methyl/N-ethyl adjacent to an activating group) is 1. The highest BCUT2D eigenvalue weighted by Gasteiger charge is 2.29. The standard InChI is InChI=1S/C33H36N2O5/c1-23(31(36)26-17-11-6-12-18-26)35(2)33(37)30(34)27-19-28(39-21-24-13-7-4-8-14-24)32(38-3)29(20-27)40-22-25-15-9-5-10-16-25/h4-20,23,30-31,36H,21-22,34H2,1-3H3/t23-,30-,31+/m0/s1. The van der Waals surface area contributed by atoms with Crippen molar-refractivity contribution in [1.82, 2.24) is 4.90 Å². The summed E-state index contributed by atoms with van der Waals surface area (Å²) in [4.78, 5) is 15.0. The molecular formula is C33H36N2O5. The van der Waals surface area contributed by atoms with Crippen molar-refractivity contribution >= 4 is 5.91 Å². The molecule has 0 aliphatic carbocycles. The zero-order chi connectivity index (χ0) is 28.5. The fraction of sp³-hybridized carbons (Fsp3) is 0.242. The number of hydrogen-bond donors (Lipinski definition) is 2. The molecule has 0 saturated heterocycles. The largest absolute Gasteiger partial charge is 0.490 e. The summed E-state index contributed by atoms with van der Waals surface area (Å²) in [5.41, 5.74) is 9.72. The first-order valence-electron chi connectivity index (χ1n) is 13.2. The fourth-order valence-electron chi connectivity index (χ4n) is 4.37. The van der Waals surface area contributed by atoms with Gasteiger partial charge in [0.2, 0.25) is 11.7 Å². The van der Waals surface area contributed by atoms with Crippen LogP contribution in [0.4, 0.5) is 0 Å². The number of carbonyl (C=O) groups is 1. The quantitative estimate of drug-likeness (QED) is 0.249. The van der Waals surface area contributed by atoms with Crippen LogP contribution in [0.1, 0.15) is 41.3 Å². The normalized spacial score (nSPS) is 13.1. The average Bonchev–Trinajstić information content (AvgIpc) is 3.02. The maximum Gasteiger partial charge on any atom is 0.244 e. The Labute approximate surface area is 235 Å². The second-order valence-electron chi connectivity index (χ2n) is 9.62. The Bertz CT molecular complexity index is 1300. The first-order chi connectivity index (χ1) is 19.4. The molecule has 0 aromatic heterocycles. The smallest absolute Gasteiger partial charge is 0.244 e. The average molecular weight is 541 g/mol. The monoisotopic (exact) mass is 540 g/mol. The Balaban J connectivity index is 1.61. The number of amides is 1. The van der Waals surface area contributed by atoms with Crippen LogP contribution in [-0.2, 0) is 18.0 Å². The number of methoxy groups -OCH3 is 1. The predicted octanol–water partition coefficient (Wildman–Crippen LogP) is 5.43. The van der Waals surface area contributed by atoms with Crippen molar-refractivity contribution in [1.29, 1.82) is 0 Å². The minimum atomic E-state index is -1.03. The molecule has 208 valence electrons. The molecule has 4 aromatic carbocycles. The van der Waals surface area contributed by atoms with Crippen LogP contribution >= 0.6 is 0 Å². The summed E-state index contributed by atoms with van der Waals surface area (Å²) >= 11 is 0. The van der Waals surface area contributed by atoms with Gasteiger partial charge in [0.25, 0.3) is 0 Å². The molecule has 40 heavy (non-hydrogen) atoms. The van der Waals surface area contributed by atoms with Gasteiger partial charge in [0.05, 0.1) is 19.3 Å². The van der Waals surface area contributed by atoms with Gasteiger partial charge < -0.3 is 30.0 Å². The Morgan fingerprint density at radius 1 is 0.800 bits per heavy atom. The third kappa shape index (κ3) is 7.00. The number of nitrogens with zero attached hydrogens (tertiary/aromatic N) is 1. The molecule has 7 nitrogen and oxygen atoms in total. The molecule has 0 spiro atoms. The van der Waals surface area contributed by atoms with Crippen LogP contribution in [0, 0.1) is 0 Å². The molecule has 0 unspecified atom stereocenters. The lowest BCUT2D eigenvalue weighted by Gasteiger charge is -2.31. The Morgan fingerprint density at radius 2 is 1.25 bits per heavy atom. The number of aliphatic hydroxyl groups excluding tert-OH is 1. The third-order valence-electron chi connectivity index (χ3n) is 6.90. The zero-order valence-electron chi connectivity index (χ0n) is 23.1. The van der Waals surface area contributed by atoms with Gasteiger partial charge in [0.15, 0.2) is 11.5 Å². The summed E-state index contributed by atoms with van der Waals surface area (Å²) in [5, 5.41) is 10.9. The lowest BCUT2D eigenvalue weighted by Crippen LogP contribution is -2.43. The molecule has 0 fully saturated rings. The highest BCUT2D eigenvalue weighted by Crippen LogP contribution is 2.41. The van der Waals surface area contributed by atoms with E-state index in [0.29, 0.717) is 36.0 Å². The van der Waals surface area contributed by atoms with Crippen LogP contribution in [0.25, 0.3) is 0 Å². The molecule has 0 aliphatic rings. The molecule has 4 aromatic rings. The van der Waals surface area contributed by atoms with Gasteiger partial charge in [-0.2, -0.15) is 0 Å². The number of rotatable bonds is 12.